The van der Waals surface area contributed by atoms with Crippen molar-refractivity contribution < 1.29 is 4.79 Å². The summed E-state index contributed by atoms with van der Waals surface area (Å²) in [5.41, 5.74) is 2.16. The van der Waals surface area contributed by atoms with Crippen LogP contribution in [0.2, 0.25) is 0 Å². The van der Waals surface area contributed by atoms with Gasteiger partial charge in [-0.2, -0.15) is 0 Å². The first-order chi connectivity index (χ1) is 11.1. The average molecular weight is 313 g/mol. The second-order valence-corrected chi connectivity index (χ2v) is 5.44. The van der Waals surface area contributed by atoms with E-state index in [1.54, 1.807) is 12.3 Å². The molecule has 1 aromatic heterocycles. The quantitative estimate of drug-likeness (QED) is 0.769. The van der Waals surface area contributed by atoms with Crippen molar-refractivity contribution in [2.45, 2.75) is 19.8 Å². The van der Waals surface area contributed by atoms with E-state index in [4.69, 9.17) is 0 Å². The van der Waals surface area contributed by atoms with Crippen molar-refractivity contribution in [3.8, 4) is 0 Å². The van der Waals surface area contributed by atoms with E-state index in [-0.39, 0.29) is 5.91 Å². The highest BCUT2D eigenvalue weighted by atomic mass is 16.1. The average Bonchev–Trinajstić information content (AvgIpc) is 2.56. The highest BCUT2D eigenvalue weighted by Crippen LogP contribution is 2.16. The van der Waals surface area contributed by atoms with E-state index in [1.807, 2.05) is 43.3 Å². The molecule has 1 heterocycles. The number of rotatable bonds is 7. The van der Waals surface area contributed by atoms with Gasteiger partial charge >= 0.3 is 0 Å². The van der Waals surface area contributed by atoms with Crippen LogP contribution in [0.5, 0.6) is 0 Å². The van der Waals surface area contributed by atoms with Crippen LogP contribution < -0.4 is 15.5 Å². The summed E-state index contributed by atoms with van der Waals surface area (Å²) in [4.78, 5) is 22.6. The van der Waals surface area contributed by atoms with Gasteiger partial charge < -0.3 is 15.5 Å². The molecule has 0 saturated heterocycles. The predicted octanol–water partition coefficient (Wildman–Crippen LogP) is 3.01. The van der Waals surface area contributed by atoms with Gasteiger partial charge in [-0.25, -0.2) is 9.97 Å². The van der Waals surface area contributed by atoms with Crippen molar-refractivity contribution in [1.82, 2.24) is 9.97 Å². The van der Waals surface area contributed by atoms with Crippen LogP contribution in [0.1, 0.15) is 30.3 Å². The molecule has 0 unspecified atom stereocenters. The van der Waals surface area contributed by atoms with Crippen molar-refractivity contribution in [2.75, 3.05) is 36.2 Å². The summed E-state index contributed by atoms with van der Waals surface area (Å²) in [5.74, 6) is 0.234. The first-order valence-electron chi connectivity index (χ1n) is 7.76. The highest BCUT2D eigenvalue weighted by molar-refractivity contribution is 6.03. The topological polar surface area (TPSA) is 70.2 Å². The Morgan fingerprint density at radius 3 is 2.57 bits per heavy atom. The number of aromatic nitrogens is 2. The van der Waals surface area contributed by atoms with Gasteiger partial charge in [0, 0.05) is 38.2 Å². The molecule has 0 aliphatic rings. The molecule has 2 aromatic rings. The van der Waals surface area contributed by atoms with Crippen LogP contribution >= 0.6 is 0 Å². The van der Waals surface area contributed by atoms with Crippen molar-refractivity contribution in [3.63, 3.8) is 0 Å². The van der Waals surface area contributed by atoms with Crippen LogP contribution in [-0.4, -0.2) is 36.5 Å². The fourth-order valence-corrected chi connectivity index (χ4v) is 1.99. The van der Waals surface area contributed by atoms with Crippen molar-refractivity contribution in [2.24, 2.45) is 0 Å². The third-order valence-corrected chi connectivity index (χ3v) is 3.34. The third kappa shape index (κ3) is 4.95. The molecule has 23 heavy (non-hydrogen) atoms. The van der Waals surface area contributed by atoms with E-state index < -0.39 is 0 Å². The van der Waals surface area contributed by atoms with Gasteiger partial charge in [0.15, 0.2) is 0 Å². The van der Waals surface area contributed by atoms with Gasteiger partial charge in [0.05, 0.1) is 0 Å². The Bertz CT molecular complexity index is 640. The van der Waals surface area contributed by atoms with E-state index in [1.165, 1.54) is 0 Å². The largest absolute Gasteiger partial charge is 0.378 e. The number of carbonyl (C=O) groups is 1. The Balaban J connectivity index is 2.01. The molecule has 2 N–H and O–H groups in total. The van der Waals surface area contributed by atoms with Crippen molar-refractivity contribution >= 4 is 23.2 Å². The monoisotopic (exact) mass is 313 g/mol. The van der Waals surface area contributed by atoms with Crippen LogP contribution in [-0.2, 0) is 0 Å². The Morgan fingerprint density at radius 1 is 1.17 bits per heavy atom. The normalized spacial score (nSPS) is 10.2. The van der Waals surface area contributed by atoms with Gasteiger partial charge in [-0.15, -0.1) is 0 Å². The molecule has 2 rings (SSSR count). The Morgan fingerprint density at radius 2 is 1.91 bits per heavy atom. The molecule has 0 aliphatic heterocycles. The minimum Gasteiger partial charge on any atom is -0.378 e. The molecule has 1 aromatic carbocycles. The lowest BCUT2D eigenvalue weighted by molar-refractivity contribution is 0.102. The number of carbonyl (C=O) groups excluding carboxylic acids is 1. The van der Waals surface area contributed by atoms with Crippen LogP contribution in [0.25, 0.3) is 0 Å². The molecule has 0 atom stereocenters. The van der Waals surface area contributed by atoms with E-state index in [9.17, 15) is 4.79 Å². The lowest BCUT2D eigenvalue weighted by Crippen LogP contribution is -2.16. The molecule has 0 fully saturated rings. The SMILES string of the molecule is CCCCNc1nccc(C(=O)Nc2ccc(N(C)C)cc2)n1. The first-order valence-corrected chi connectivity index (χ1v) is 7.76. The van der Waals surface area contributed by atoms with Gasteiger partial charge in [0.1, 0.15) is 5.69 Å². The molecular weight excluding hydrogens is 290 g/mol. The number of hydrogen-bond donors (Lipinski definition) is 2. The van der Waals surface area contributed by atoms with Gasteiger partial charge in [-0.1, -0.05) is 13.3 Å². The van der Waals surface area contributed by atoms with Crippen molar-refractivity contribution in [1.29, 1.82) is 0 Å². The minimum absolute atomic E-state index is 0.247. The lowest BCUT2D eigenvalue weighted by Gasteiger charge is -2.13. The van der Waals surface area contributed by atoms with Gasteiger partial charge in [0.2, 0.25) is 5.95 Å². The van der Waals surface area contributed by atoms with E-state index in [0.29, 0.717) is 11.6 Å². The van der Waals surface area contributed by atoms with Crippen molar-refractivity contribution in [3.05, 3.63) is 42.2 Å². The van der Waals surface area contributed by atoms with Crippen LogP contribution in [0.3, 0.4) is 0 Å². The number of benzene rings is 1. The van der Waals surface area contributed by atoms with Gasteiger partial charge in [-0.05, 0) is 36.8 Å². The second kappa shape index (κ2) is 8.12. The standard InChI is InChI=1S/C17H23N5O/c1-4-5-11-18-17-19-12-10-15(21-17)16(23)20-13-6-8-14(9-7-13)22(2)3/h6-10,12H,4-5,11H2,1-3H3,(H,20,23)(H,18,19,21). The minimum atomic E-state index is -0.247. The molecule has 0 saturated carbocycles. The molecule has 122 valence electrons. The van der Waals surface area contributed by atoms with Crippen LogP contribution in [0.15, 0.2) is 36.5 Å². The summed E-state index contributed by atoms with van der Waals surface area (Å²) in [7, 11) is 3.95. The molecule has 0 aliphatic carbocycles. The molecule has 0 radical (unpaired) electrons. The summed E-state index contributed by atoms with van der Waals surface area (Å²) in [5, 5.41) is 5.96. The molecule has 6 heteroatoms. The van der Waals surface area contributed by atoms with Gasteiger partial charge in [0.25, 0.3) is 5.91 Å². The molecule has 0 bridgehead atoms. The lowest BCUT2D eigenvalue weighted by atomic mass is 10.2. The van der Waals surface area contributed by atoms with Crippen LogP contribution in [0.4, 0.5) is 17.3 Å². The summed E-state index contributed by atoms with van der Waals surface area (Å²) >= 11 is 0. The number of nitrogens with zero attached hydrogens (tertiary/aromatic N) is 3. The maximum Gasteiger partial charge on any atom is 0.274 e. The first kappa shape index (κ1) is 16.7. The van der Waals surface area contributed by atoms with E-state index in [0.717, 1.165) is 30.8 Å². The number of hydrogen-bond acceptors (Lipinski definition) is 5. The number of nitrogens with one attached hydrogen (secondary N) is 2. The summed E-state index contributed by atoms with van der Waals surface area (Å²) in [6.07, 6.45) is 3.72. The molecule has 6 nitrogen and oxygen atoms in total. The maximum absolute atomic E-state index is 12.3. The zero-order chi connectivity index (χ0) is 16.7. The Hall–Kier alpha value is -2.63. The van der Waals surface area contributed by atoms with Gasteiger partial charge in [-0.3, -0.25) is 4.79 Å². The maximum atomic E-state index is 12.3. The third-order valence-electron chi connectivity index (χ3n) is 3.34. The smallest absolute Gasteiger partial charge is 0.274 e. The summed E-state index contributed by atoms with van der Waals surface area (Å²) < 4.78 is 0. The van der Waals surface area contributed by atoms with E-state index in [2.05, 4.69) is 27.5 Å². The van der Waals surface area contributed by atoms with Crippen LogP contribution in [0, 0.1) is 0 Å². The second-order valence-electron chi connectivity index (χ2n) is 5.44. The summed E-state index contributed by atoms with van der Waals surface area (Å²) in [6.45, 7) is 2.92. The fourth-order valence-electron chi connectivity index (χ4n) is 1.99. The predicted molar refractivity (Wildman–Crippen MR) is 94.2 cm³/mol. The number of amides is 1. The number of anilines is 3. The molecule has 0 spiro atoms. The molecule has 1 amide bonds. The molecular formula is C17H23N5O. The Labute approximate surface area is 137 Å². The summed E-state index contributed by atoms with van der Waals surface area (Å²) in [6, 6.07) is 9.25. The zero-order valence-electron chi connectivity index (χ0n) is 13.8. The zero-order valence-corrected chi connectivity index (χ0v) is 13.8. The highest BCUT2D eigenvalue weighted by Gasteiger charge is 2.09. The Kier molecular flexibility index (Phi) is 5.91. The van der Waals surface area contributed by atoms with E-state index >= 15 is 0 Å². The number of unbranched alkanes of at least 4 members (excludes halogenated alkanes) is 1. The fraction of sp³-hybridized carbons (Fsp3) is 0.353.